The Morgan fingerprint density at radius 3 is 2.31 bits per heavy atom. The maximum absolute atomic E-state index is 12.3. The van der Waals surface area contributed by atoms with Gasteiger partial charge >= 0.3 is 11.9 Å². The van der Waals surface area contributed by atoms with Crippen molar-refractivity contribution in [3.8, 4) is 17.2 Å². The largest absolute Gasteiger partial charge is 0.497 e. The number of esters is 2. The van der Waals surface area contributed by atoms with Gasteiger partial charge in [-0.3, -0.25) is 0 Å². The summed E-state index contributed by atoms with van der Waals surface area (Å²) in [4.78, 5) is 24.5. The lowest BCUT2D eigenvalue weighted by Crippen LogP contribution is -2.41. The van der Waals surface area contributed by atoms with Gasteiger partial charge in [-0.15, -0.1) is 0 Å². The molecule has 1 aliphatic rings. The topological polar surface area (TPSA) is 80.3 Å². The summed E-state index contributed by atoms with van der Waals surface area (Å²) in [6.45, 7) is 3.22. The van der Waals surface area contributed by atoms with Crippen molar-refractivity contribution >= 4 is 18.0 Å². The summed E-state index contributed by atoms with van der Waals surface area (Å²) < 4.78 is 26.9. The SMILES string of the molecule is COc1cccc(COc2c(C=C3C(=O)OC(C)(C)OC3=O)cccc2OC)c1. The quantitative estimate of drug-likeness (QED) is 0.418. The molecule has 1 heterocycles. The van der Waals surface area contributed by atoms with Gasteiger partial charge in [0.1, 0.15) is 17.9 Å². The van der Waals surface area contributed by atoms with Gasteiger partial charge in [0.05, 0.1) is 14.2 Å². The highest BCUT2D eigenvalue weighted by molar-refractivity contribution is 6.19. The van der Waals surface area contributed by atoms with Crippen LogP contribution in [-0.2, 0) is 25.7 Å². The second kappa shape index (κ2) is 8.26. The Morgan fingerprint density at radius 2 is 1.66 bits per heavy atom. The van der Waals surface area contributed by atoms with E-state index in [0.29, 0.717) is 22.8 Å². The van der Waals surface area contributed by atoms with E-state index in [1.54, 1.807) is 25.3 Å². The second-order valence-corrected chi connectivity index (χ2v) is 6.76. The maximum Gasteiger partial charge on any atom is 0.348 e. The van der Waals surface area contributed by atoms with Gasteiger partial charge in [0.2, 0.25) is 0 Å². The van der Waals surface area contributed by atoms with E-state index in [1.165, 1.54) is 27.0 Å². The molecule has 0 aromatic heterocycles. The third-order valence-corrected chi connectivity index (χ3v) is 4.16. The minimum atomic E-state index is -1.30. The molecule has 29 heavy (non-hydrogen) atoms. The van der Waals surface area contributed by atoms with Crippen LogP contribution in [0.5, 0.6) is 17.2 Å². The second-order valence-electron chi connectivity index (χ2n) is 6.76. The van der Waals surface area contributed by atoms with E-state index in [4.69, 9.17) is 23.7 Å². The molecular formula is C22H22O7. The van der Waals surface area contributed by atoms with Crippen LogP contribution in [0, 0.1) is 0 Å². The normalized spacial score (nSPS) is 15.2. The van der Waals surface area contributed by atoms with E-state index < -0.39 is 17.7 Å². The molecule has 0 unspecified atom stereocenters. The van der Waals surface area contributed by atoms with Crippen LogP contribution in [-0.4, -0.2) is 31.9 Å². The van der Waals surface area contributed by atoms with Gasteiger partial charge in [-0.25, -0.2) is 9.59 Å². The van der Waals surface area contributed by atoms with Crippen LogP contribution >= 0.6 is 0 Å². The number of cyclic esters (lactones) is 2. The smallest absolute Gasteiger partial charge is 0.348 e. The van der Waals surface area contributed by atoms with Crippen molar-refractivity contribution in [3.63, 3.8) is 0 Å². The third-order valence-electron chi connectivity index (χ3n) is 4.16. The zero-order valence-corrected chi connectivity index (χ0v) is 16.7. The maximum atomic E-state index is 12.3. The highest BCUT2D eigenvalue weighted by Gasteiger charge is 2.39. The van der Waals surface area contributed by atoms with Crippen molar-refractivity contribution in [1.82, 2.24) is 0 Å². The molecule has 0 radical (unpaired) electrons. The van der Waals surface area contributed by atoms with Crippen molar-refractivity contribution in [3.05, 3.63) is 59.2 Å². The molecule has 0 atom stereocenters. The Labute approximate surface area is 168 Å². The number of hydrogen-bond donors (Lipinski definition) is 0. The van der Waals surface area contributed by atoms with E-state index in [2.05, 4.69) is 0 Å². The summed E-state index contributed by atoms with van der Waals surface area (Å²) in [5, 5.41) is 0. The van der Waals surface area contributed by atoms with E-state index >= 15 is 0 Å². The van der Waals surface area contributed by atoms with Gasteiger partial charge in [0.15, 0.2) is 11.5 Å². The van der Waals surface area contributed by atoms with Crippen molar-refractivity contribution in [2.45, 2.75) is 26.2 Å². The van der Waals surface area contributed by atoms with Gasteiger partial charge in [0, 0.05) is 19.4 Å². The molecule has 7 nitrogen and oxygen atoms in total. The number of para-hydroxylation sites is 1. The van der Waals surface area contributed by atoms with Crippen LogP contribution in [0.3, 0.4) is 0 Å². The molecule has 0 saturated carbocycles. The number of benzene rings is 2. The number of ether oxygens (including phenoxy) is 5. The average molecular weight is 398 g/mol. The highest BCUT2D eigenvalue weighted by atomic mass is 16.7. The van der Waals surface area contributed by atoms with Crippen LogP contribution in [0.1, 0.15) is 25.0 Å². The first-order valence-corrected chi connectivity index (χ1v) is 8.94. The fourth-order valence-electron chi connectivity index (χ4n) is 2.81. The van der Waals surface area contributed by atoms with Crippen molar-refractivity contribution in [2.24, 2.45) is 0 Å². The molecule has 0 bridgehead atoms. The molecule has 2 aromatic rings. The molecule has 1 fully saturated rings. The predicted molar refractivity (Wildman–Crippen MR) is 105 cm³/mol. The fraction of sp³-hybridized carbons (Fsp3) is 0.273. The van der Waals surface area contributed by atoms with Crippen LogP contribution < -0.4 is 14.2 Å². The van der Waals surface area contributed by atoms with Gasteiger partial charge in [-0.2, -0.15) is 0 Å². The van der Waals surface area contributed by atoms with Crippen LogP contribution in [0.4, 0.5) is 0 Å². The first-order chi connectivity index (χ1) is 13.8. The zero-order chi connectivity index (χ0) is 21.0. The summed E-state index contributed by atoms with van der Waals surface area (Å²) in [6.07, 6.45) is 1.38. The zero-order valence-electron chi connectivity index (χ0n) is 16.7. The van der Waals surface area contributed by atoms with Gasteiger partial charge in [-0.05, 0) is 29.8 Å². The Morgan fingerprint density at radius 1 is 0.966 bits per heavy atom. The molecule has 0 N–H and O–H groups in total. The molecular weight excluding hydrogens is 376 g/mol. The van der Waals surface area contributed by atoms with Gasteiger partial charge < -0.3 is 23.7 Å². The van der Waals surface area contributed by atoms with Crippen molar-refractivity contribution in [2.75, 3.05) is 14.2 Å². The molecule has 7 heteroatoms. The lowest BCUT2D eigenvalue weighted by Gasteiger charge is -2.29. The molecule has 3 rings (SSSR count). The molecule has 0 aliphatic carbocycles. The summed E-state index contributed by atoms with van der Waals surface area (Å²) in [6, 6.07) is 12.6. The third kappa shape index (κ3) is 4.68. The molecule has 152 valence electrons. The average Bonchev–Trinajstić information content (AvgIpc) is 2.68. The summed E-state index contributed by atoms with van der Waals surface area (Å²) in [5.41, 5.74) is 1.15. The molecule has 0 amide bonds. The molecule has 0 spiro atoms. The van der Waals surface area contributed by atoms with Gasteiger partial charge in [0.25, 0.3) is 5.79 Å². The first kappa shape index (κ1) is 20.3. The lowest BCUT2D eigenvalue weighted by molar-refractivity contribution is -0.222. The minimum absolute atomic E-state index is 0.219. The molecule has 1 aliphatic heterocycles. The van der Waals surface area contributed by atoms with Crippen molar-refractivity contribution < 1.29 is 33.3 Å². The number of rotatable bonds is 6. The van der Waals surface area contributed by atoms with E-state index in [-0.39, 0.29) is 12.2 Å². The number of carbonyl (C=O) groups is 2. The Kier molecular flexibility index (Phi) is 5.77. The van der Waals surface area contributed by atoms with Gasteiger partial charge in [-0.1, -0.05) is 24.3 Å². The molecule has 1 saturated heterocycles. The van der Waals surface area contributed by atoms with E-state index in [9.17, 15) is 9.59 Å². The predicted octanol–water partition coefficient (Wildman–Crippen LogP) is 3.50. The number of methoxy groups -OCH3 is 2. The summed E-state index contributed by atoms with van der Waals surface area (Å²) in [7, 11) is 3.10. The van der Waals surface area contributed by atoms with E-state index in [1.807, 2.05) is 24.3 Å². The number of carbonyl (C=O) groups excluding carboxylic acids is 2. The van der Waals surface area contributed by atoms with Crippen LogP contribution in [0.15, 0.2) is 48.0 Å². The fourth-order valence-corrected chi connectivity index (χ4v) is 2.81. The van der Waals surface area contributed by atoms with Crippen LogP contribution in [0.2, 0.25) is 0 Å². The van der Waals surface area contributed by atoms with Crippen molar-refractivity contribution in [1.29, 1.82) is 0 Å². The Balaban J connectivity index is 1.92. The Bertz CT molecular complexity index is 937. The highest BCUT2D eigenvalue weighted by Crippen LogP contribution is 2.34. The first-order valence-electron chi connectivity index (χ1n) is 8.94. The standard InChI is InChI=1S/C22H22O7/c1-22(2)28-20(23)17(21(24)29-22)12-15-8-6-10-18(26-4)19(15)27-13-14-7-5-9-16(11-14)25-3/h5-12H,13H2,1-4H3. The summed E-state index contributed by atoms with van der Waals surface area (Å²) in [5.74, 6) is -1.26. The van der Waals surface area contributed by atoms with Crippen LogP contribution in [0.25, 0.3) is 6.08 Å². The number of hydrogen-bond acceptors (Lipinski definition) is 7. The lowest BCUT2D eigenvalue weighted by atomic mass is 10.1. The Hall–Kier alpha value is -3.48. The molecule has 2 aromatic carbocycles. The van der Waals surface area contributed by atoms with E-state index in [0.717, 1.165) is 5.56 Å². The monoisotopic (exact) mass is 398 g/mol. The minimum Gasteiger partial charge on any atom is -0.497 e. The summed E-state index contributed by atoms with van der Waals surface area (Å²) >= 11 is 0.